The quantitative estimate of drug-likeness (QED) is 0.0317. The minimum absolute atomic E-state index is 0.00678. The number of likely N-dealkylation sites (N-methyl/N-ethyl adjacent to an activating group) is 1. The number of aryl methyl sites for hydroxylation is 2. The lowest BCUT2D eigenvalue weighted by Gasteiger charge is -2.48. The number of phenols is 2. The molecule has 0 radical (unpaired) electrons. The number of hydrogen-bond acceptors (Lipinski definition) is 34. The normalized spacial score (nSPS) is 24.8. The first kappa shape index (κ1) is 98.8. The van der Waals surface area contributed by atoms with Crippen molar-refractivity contribution in [3.05, 3.63) is 173 Å². The number of nitro benzene ring substituents is 2. The predicted molar refractivity (Wildman–Crippen MR) is 458 cm³/mol. The number of aliphatic hydroxyl groups is 6. The maximum atomic E-state index is 16.5. The van der Waals surface area contributed by atoms with E-state index in [4.69, 9.17) is 74.2 Å². The molecule has 0 spiro atoms. The number of aliphatic hydroxyl groups excluding tert-OH is 6. The van der Waals surface area contributed by atoms with Gasteiger partial charge in [0.1, 0.15) is 102 Å². The van der Waals surface area contributed by atoms with Crippen LogP contribution in [0.2, 0.25) is 5.02 Å². The first-order valence-corrected chi connectivity index (χ1v) is 41.5. The predicted octanol–water partition coefficient (Wildman–Crippen LogP) is 4.09. The van der Waals surface area contributed by atoms with Crippen LogP contribution in [0.1, 0.15) is 122 Å². The molecular formula is C87H96ClN11O35. The summed E-state index contributed by atoms with van der Waals surface area (Å²) in [6.45, 7) is 6.88. The van der Waals surface area contributed by atoms with E-state index in [1.165, 1.54) is 86.5 Å². The van der Waals surface area contributed by atoms with Crippen molar-refractivity contribution in [3.8, 4) is 80.1 Å². The van der Waals surface area contributed by atoms with Crippen molar-refractivity contribution >= 4 is 82.5 Å². The number of carboxylic acid groups (broad SMARTS) is 1. The summed E-state index contributed by atoms with van der Waals surface area (Å²) in [5, 5.41) is 147. The highest BCUT2D eigenvalue weighted by Gasteiger charge is 2.53. The number of carbonyl (C=O) groups excluding carboxylic acids is 9. The van der Waals surface area contributed by atoms with E-state index in [2.05, 4.69) is 37.2 Å². The van der Waals surface area contributed by atoms with Gasteiger partial charge in [-0.05, 0) is 151 Å². The Balaban J connectivity index is 1.03. The fraction of sp³-hybridized carbons (Fsp3) is 0.402. The molecule has 9 amide bonds. The summed E-state index contributed by atoms with van der Waals surface area (Å²) in [4.78, 5) is 173. The van der Waals surface area contributed by atoms with E-state index < -0.39 is 273 Å². The van der Waals surface area contributed by atoms with E-state index >= 15 is 28.8 Å². The Labute approximate surface area is 765 Å². The van der Waals surface area contributed by atoms with Gasteiger partial charge in [0.25, 0.3) is 5.69 Å². The second-order valence-corrected chi connectivity index (χ2v) is 33.0. The number of fused-ring (bicyclic) bond motifs is 15. The summed E-state index contributed by atoms with van der Waals surface area (Å²) in [6.07, 6.45) is -24.5. The van der Waals surface area contributed by atoms with Crippen molar-refractivity contribution < 1.29 is 161 Å². The van der Waals surface area contributed by atoms with E-state index in [0.29, 0.717) is 0 Å². The highest BCUT2D eigenvalue weighted by molar-refractivity contribution is 6.32. The molecule has 2 saturated heterocycles. The number of rotatable bonds is 23. The van der Waals surface area contributed by atoms with Crippen LogP contribution in [-0.2, 0) is 63.9 Å². The van der Waals surface area contributed by atoms with Crippen molar-refractivity contribution in [1.82, 2.24) is 42.1 Å². The fourth-order valence-electron chi connectivity index (χ4n) is 16.0. The molecule has 7 heterocycles. The van der Waals surface area contributed by atoms with Crippen molar-refractivity contribution in [2.45, 2.75) is 177 Å². The van der Waals surface area contributed by atoms with Crippen LogP contribution in [0.15, 0.2) is 103 Å². The Morgan fingerprint density at radius 1 is 0.672 bits per heavy atom. The van der Waals surface area contributed by atoms with Crippen LogP contribution in [0.5, 0.6) is 69.0 Å². The number of aromatic hydroxyl groups is 2. The van der Waals surface area contributed by atoms with Gasteiger partial charge >= 0.3 is 23.8 Å². The molecule has 7 aliphatic heterocycles. The van der Waals surface area contributed by atoms with Gasteiger partial charge in [-0.2, -0.15) is 0 Å². The van der Waals surface area contributed by atoms with Gasteiger partial charge in [0.05, 0.1) is 85.7 Å². The monoisotopic (exact) mass is 1890 g/mol. The van der Waals surface area contributed by atoms with E-state index in [1.54, 1.807) is 13.8 Å². The molecule has 0 saturated carbocycles. The van der Waals surface area contributed by atoms with Gasteiger partial charge in [-0.3, -0.25) is 58.7 Å². The van der Waals surface area contributed by atoms with Crippen LogP contribution < -0.4 is 80.8 Å². The molecule has 7 aromatic rings. The van der Waals surface area contributed by atoms with Gasteiger partial charge in [0.15, 0.2) is 52.9 Å². The van der Waals surface area contributed by atoms with Gasteiger partial charge in [-0.15, -0.1) is 0 Å². The largest absolute Gasteiger partial charge is 0.508 e. The molecule has 7 aromatic carbocycles. The first-order chi connectivity index (χ1) is 63.4. The molecular weight excluding hydrogens is 1790 g/mol. The van der Waals surface area contributed by atoms with E-state index in [0.717, 1.165) is 84.7 Å². The molecule has 18 N–H and O–H groups in total. The summed E-state index contributed by atoms with van der Waals surface area (Å²) < 4.78 is 71.3. The Bertz CT molecular complexity index is 5790. The molecule has 7 aliphatic rings. The molecule has 0 unspecified atom stereocenters. The lowest BCUT2D eigenvalue weighted by atomic mass is 9.85. The number of carboxylic acids is 1. The summed E-state index contributed by atoms with van der Waals surface area (Å²) in [6, 6.07) is 2.72. The molecule has 0 aliphatic carbocycles. The molecule has 134 heavy (non-hydrogen) atoms. The number of primary amides is 1. The molecule has 0 aromatic heterocycles. The van der Waals surface area contributed by atoms with Crippen LogP contribution in [0, 0.1) is 40.0 Å². The Morgan fingerprint density at radius 2 is 1.27 bits per heavy atom. The number of benzene rings is 7. The molecule has 46 nitrogen and oxygen atoms in total. The molecule has 14 rings (SSSR count). The number of halogens is 1. The third-order valence-corrected chi connectivity index (χ3v) is 23.3. The number of nitrogens with one attached hydrogen (secondary N) is 7. The summed E-state index contributed by atoms with van der Waals surface area (Å²) in [5.74, 6) is -17.3. The summed E-state index contributed by atoms with van der Waals surface area (Å²) in [7, 11) is 5.96. The maximum Gasteiger partial charge on any atom is 0.415 e. The fourth-order valence-corrected chi connectivity index (χ4v) is 16.3. The summed E-state index contributed by atoms with van der Waals surface area (Å²) in [5.41, 5.74) is 0.302. The van der Waals surface area contributed by atoms with E-state index in [-0.39, 0.29) is 85.2 Å². The van der Waals surface area contributed by atoms with Crippen LogP contribution in [0.4, 0.5) is 21.0 Å². The van der Waals surface area contributed by atoms with Crippen LogP contribution in [0.25, 0.3) is 11.1 Å². The molecule has 18 atom stereocenters. The van der Waals surface area contributed by atoms with Gasteiger partial charge in [0, 0.05) is 25.1 Å². The van der Waals surface area contributed by atoms with Crippen LogP contribution in [0.3, 0.4) is 0 Å². The first-order valence-electron chi connectivity index (χ1n) is 41.2. The number of amides is 9. The van der Waals surface area contributed by atoms with Crippen molar-refractivity contribution in [3.63, 3.8) is 0 Å². The number of phenolic OH excluding ortho intramolecular Hbond substituents is 2. The Morgan fingerprint density at radius 3 is 1.88 bits per heavy atom. The smallest absolute Gasteiger partial charge is 0.415 e. The molecule has 716 valence electrons. The number of nitro groups is 2. The van der Waals surface area contributed by atoms with Gasteiger partial charge in [0.2, 0.25) is 59.1 Å². The topological polar surface area (TPSA) is 663 Å². The lowest BCUT2D eigenvalue weighted by Crippen LogP contribution is -2.66. The van der Waals surface area contributed by atoms with Gasteiger partial charge in [-0.25, -0.2) is 14.4 Å². The van der Waals surface area contributed by atoms with Crippen LogP contribution >= 0.6 is 11.6 Å². The number of hydrogen-bond donors (Lipinski definition) is 17. The molecule has 2 fully saturated rings. The van der Waals surface area contributed by atoms with Crippen LogP contribution in [-0.4, -0.2) is 241 Å². The highest BCUT2D eigenvalue weighted by Crippen LogP contribution is 2.50. The zero-order valence-electron chi connectivity index (χ0n) is 73.2. The van der Waals surface area contributed by atoms with Gasteiger partial charge in [-0.1, -0.05) is 43.6 Å². The molecule has 47 heteroatoms. The van der Waals surface area contributed by atoms with E-state index in [9.17, 15) is 85.4 Å². The zero-order chi connectivity index (χ0) is 97.8. The Kier molecular flexibility index (Phi) is 30.1. The minimum Gasteiger partial charge on any atom is -0.508 e. The van der Waals surface area contributed by atoms with Gasteiger partial charge < -0.3 is 146 Å². The van der Waals surface area contributed by atoms with E-state index in [1.807, 2.05) is 0 Å². The SMILES string of the molecule is COc1cc(COC(=O)N[C@@]2(C)C[C@H](O[C@H]3[C@H](Oc4c5cc6cc4Oc4ccc(cc4Cl)[C@@H](O)[C@@H]4NC(=O)[C@H](NC(=O)[C@@H]6NC(=O)[C@H](CC(N)=O)NC(=O)[C@H](NC(=O)[C@@H](CC(C)C)N(C)C(=O)Oc6cc(OC)c(OC)cc6[N+](=O)[O-])[C@H](O)c6ccc(c(C)c6)O5)c5ccc(O)c(c5)-c5c(C)cc(O)cc5[C@@H](C(=O)O)NC4=O)O[C@H](CO)[C@@H](O)[C@@H]3O)O[C@@H](C)[C@H]2O)c([N+](=O)[O-])cc1OC. The number of nitrogens with zero attached hydrogens (tertiary/aromatic N) is 3. The second-order valence-electron chi connectivity index (χ2n) is 32.6. The zero-order valence-corrected chi connectivity index (χ0v) is 73.9. The second kappa shape index (κ2) is 40.9. The van der Waals surface area contributed by atoms with Crippen molar-refractivity contribution in [2.75, 3.05) is 42.1 Å². The molecule has 11 bridgehead atoms. The lowest BCUT2D eigenvalue weighted by molar-refractivity contribution is -0.386. The third-order valence-electron chi connectivity index (χ3n) is 23.0. The number of methoxy groups -OCH3 is 4. The number of alkyl carbamates (subject to hydrolysis) is 1. The Hall–Kier alpha value is -14.2. The third kappa shape index (κ3) is 21.1. The minimum atomic E-state index is -2.47. The average Bonchev–Trinajstić information content (AvgIpc) is 0.752. The average molecular weight is 1890 g/mol. The number of aliphatic carboxylic acids is 1. The van der Waals surface area contributed by atoms with Crippen molar-refractivity contribution in [1.29, 1.82) is 0 Å². The van der Waals surface area contributed by atoms with Crippen molar-refractivity contribution in [2.24, 2.45) is 11.7 Å². The number of carbonyl (C=O) groups is 10. The standard InChI is InChI=1S/C87H96ClN11O35/c1-34(2)18-50(97(7)86(118)132-54-30-58(126-11)57(125-10)29-49(54)99(121)122)78(110)94-68-70(104)39-13-16-52(35(3)19-39)129-59-23-41-24-60(74(59)134-84-75(73(107)72(106)61(32-100)131-84)133-63-31-87(6,76(108)37(5)128-63)96-85(117)127-33-42-25-55(123-8)56(124-9)28-48(42)98(119)120)130-53-17-14-40(22-46(53)88)71(105)69-82(114)93-67(83(115)116)45-26-43(101)20-36(4)64(45)44-21-38(12-15-51(44)102)65(79(111)95-69)92-80(112)66(41)91-77(109)47(27-62(89)103)90-81(68)113/h12-17,19-26,28-30,34,37,47,50,61,63,65-73,75-76,84,100-102,104-108H,18,27,31-33H2,1-11H3,(H2,89,103)(H,90,113)(H,91,109)(H,92,112)(H,93,114)(H,94,110)(H,95,111)(H,96,117)(H,115,116)/t37-,47-,50+,61+,63-,65+,66+,67-,68+,69-,70+,71+,72+,73-,75+,76+,84-,87-/m0/s1. The maximum absolute atomic E-state index is 16.5. The number of nitrogens with two attached hydrogens (primary N) is 1. The number of ether oxygens (including phenoxy) is 12. The highest BCUT2D eigenvalue weighted by atomic mass is 35.5. The summed E-state index contributed by atoms with van der Waals surface area (Å²) >= 11 is 7.18.